The summed E-state index contributed by atoms with van der Waals surface area (Å²) in [7, 11) is -2.28. The van der Waals surface area contributed by atoms with Crippen molar-refractivity contribution in [3.8, 4) is 11.8 Å². The van der Waals surface area contributed by atoms with Crippen LogP contribution in [0.3, 0.4) is 0 Å². The molecule has 24 heavy (non-hydrogen) atoms. The average Bonchev–Trinajstić information content (AvgIpc) is 2.48. The number of hydrogen-bond acceptors (Lipinski definition) is 8. The van der Waals surface area contributed by atoms with Crippen molar-refractivity contribution in [2.75, 3.05) is 24.4 Å². The molecule has 8 nitrogen and oxygen atoms in total. The van der Waals surface area contributed by atoms with Crippen molar-refractivity contribution in [2.24, 2.45) is 0 Å². The largest absolute Gasteiger partial charge is 0.467 e. The van der Waals surface area contributed by atoms with Gasteiger partial charge in [-0.2, -0.15) is 18.4 Å². The summed E-state index contributed by atoms with van der Waals surface area (Å²) in [6.45, 7) is 1.78. The van der Waals surface area contributed by atoms with Crippen molar-refractivity contribution in [2.45, 2.75) is 13.5 Å². The second-order valence-electron chi connectivity index (χ2n) is 4.95. The first-order chi connectivity index (χ1) is 11.2. The Labute approximate surface area is 139 Å². The molecule has 10 heteroatoms. The standard InChI is InChI=1S/C14H17FN4O4S/c1-8-12(16)13(19-14(18-8)22-2)17-7-9-4-5-10(6-11(9)15)23-24(3,20)21/h4-6H,7,16H2,1-3H3,(H,17,18,19). The number of nitrogen functional groups attached to an aromatic ring is 1. The molecule has 0 amide bonds. The summed E-state index contributed by atoms with van der Waals surface area (Å²) in [5.74, 6) is -0.409. The predicted molar refractivity (Wildman–Crippen MR) is 86.9 cm³/mol. The van der Waals surface area contributed by atoms with E-state index in [9.17, 15) is 12.8 Å². The molecular formula is C14H17FN4O4S. The van der Waals surface area contributed by atoms with E-state index in [0.717, 1.165) is 12.3 Å². The number of benzene rings is 1. The van der Waals surface area contributed by atoms with Gasteiger partial charge in [-0.05, 0) is 13.0 Å². The Morgan fingerprint density at radius 2 is 2.04 bits per heavy atom. The third kappa shape index (κ3) is 4.44. The van der Waals surface area contributed by atoms with Crippen LogP contribution in [0.1, 0.15) is 11.3 Å². The number of halogens is 1. The summed E-state index contributed by atoms with van der Waals surface area (Å²) in [6.07, 6.45) is 0.883. The van der Waals surface area contributed by atoms with Gasteiger partial charge < -0.3 is 20.0 Å². The molecule has 0 fully saturated rings. The van der Waals surface area contributed by atoms with Gasteiger partial charge in [0.25, 0.3) is 0 Å². The Bertz CT molecular complexity index is 858. The molecule has 0 aliphatic heterocycles. The summed E-state index contributed by atoms with van der Waals surface area (Å²) in [5.41, 5.74) is 7.02. The van der Waals surface area contributed by atoms with Crippen LogP contribution >= 0.6 is 0 Å². The number of methoxy groups -OCH3 is 1. The molecule has 0 unspecified atom stereocenters. The van der Waals surface area contributed by atoms with Gasteiger partial charge in [-0.15, -0.1) is 0 Å². The van der Waals surface area contributed by atoms with Gasteiger partial charge in [-0.3, -0.25) is 0 Å². The normalized spacial score (nSPS) is 11.2. The van der Waals surface area contributed by atoms with Crippen LogP contribution in [-0.4, -0.2) is 31.8 Å². The quantitative estimate of drug-likeness (QED) is 0.747. The number of nitrogens with two attached hydrogens (primary N) is 1. The second kappa shape index (κ2) is 6.87. The third-order valence-electron chi connectivity index (χ3n) is 3.02. The van der Waals surface area contributed by atoms with Gasteiger partial charge in [0.15, 0.2) is 5.82 Å². The molecule has 0 spiro atoms. The number of ether oxygens (including phenoxy) is 1. The summed E-state index contributed by atoms with van der Waals surface area (Å²) < 4.78 is 45.7. The molecule has 3 N–H and O–H groups in total. The number of nitrogens with one attached hydrogen (secondary N) is 1. The lowest BCUT2D eigenvalue weighted by Gasteiger charge is -2.12. The molecule has 1 heterocycles. The van der Waals surface area contributed by atoms with Crippen molar-refractivity contribution in [3.05, 3.63) is 35.3 Å². The van der Waals surface area contributed by atoms with E-state index >= 15 is 0 Å². The van der Waals surface area contributed by atoms with Crippen LogP contribution in [-0.2, 0) is 16.7 Å². The van der Waals surface area contributed by atoms with Gasteiger partial charge >= 0.3 is 16.1 Å². The number of aromatic nitrogens is 2. The maximum Gasteiger partial charge on any atom is 0.318 e. The van der Waals surface area contributed by atoms with Gasteiger partial charge in [-0.25, -0.2) is 4.39 Å². The average molecular weight is 356 g/mol. The smallest absolute Gasteiger partial charge is 0.318 e. The minimum atomic E-state index is -3.71. The lowest BCUT2D eigenvalue weighted by Crippen LogP contribution is -2.10. The SMILES string of the molecule is COc1nc(C)c(N)c(NCc2ccc(OS(C)(=O)=O)cc2F)n1. The molecule has 0 atom stereocenters. The fourth-order valence-corrected chi connectivity index (χ4v) is 2.31. The zero-order valence-corrected chi connectivity index (χ0v) is 14.1. The third-order valence-corrected chi connectivity index (χ3v) is 3.51. The molecular weight excluding hydrogens is 339 g/mol. The summed E-state index contributed by atoms with van der Waals surface area (Å²) in [5, 5.41) is 2.90. The molecule has 1 aromatic carbocycles. The topological polar surface area (TPSA) is 116 Å². The van der Waals surface area contributed by atoms with Crippen LogP contribution in [0.25, 0.3) is 0 Å². The number of aryl methyl sites for hydroxylation is 1. The lowest BCUT2D eigenvalue weighted by atomic mass is 10.2. The number of nitrogens with zero attached hydrogens (tertiary/aromatic N) is 2. The molecule has 2 aromatic rings. The van der Waals surface area contributed by atoms with Gasteiger partial charge in [-0.1, -0.05) is 6.07 Å². The molecule has 2 rings (SSSR count). The monoisotopic (exact) mass is 356 g/mol. The van der Waals surface area contributed by atoms with E-state index in [2.05, 4.69) is 19.5 Å². The number of rotatable bonds is 6. The number of anilines is 2. The van der Waals surface area contributed by atoms with Crippen LogP contribution in [0, 0.1) is 12.7 Å². The highest BCUT2D eigenvalue weighted by Crippen LogP contribution is 2.23. The first-order valence-electron chi connectivity index (χ1n) is 6.79. The van der Waals surface area contributed by atoms with Crippen LogP contribution in [0.2, 0.25) is 0 Å². The zero-order chi connectivity index (χ0) is 17.9. The Morgan fingerprint density at radius 3 is 2.62 bits per heavy atom. The van der Waals surface area contributed by atoms with E-state index < -0.39 is 15.9 Å². The first kappa shape index (κ1) is 17.7. The lowest BCUT2D eigenvalue weighted by molar-refractivity contribution is 0.379. The fourth-order valence-electron chi connectivity index (χ4n) is 1.86. The highest BCUT2D eigenvalue weighted by atomic mass is 32.2. The van der Waals surface area contributed by atoms with Gasteiger partial charge in [0.2, 0.25) is 0 Å². The van der Waals surface area contributed by atoms with Crippen LogP contribution in [0.15, 0.2) is 18.2 Å². The van der Waals surface area contributed by atoms with Gasteiger partial charge in [0.05, 0.1) is 24.7 Å². The van der Waals surface area contributed by atoms with Crippen molar-refractivity contribution < 1.29 is 21.7 Å². The first-order valence-corrected chi connectivity index (χ1v) is 8.61. The van der Waals surface area contributed by atoms with Crippen LogP contribution in [0.4, 0.5) is 15.9 Å². The minimum Gasteiger partial charge on any atom is -0.467 e. The summed E-state index contributed by atoms with van der Waals surface area (Å²) in [6, 6.07) is 3.90. The van der Waals surface area contributed by atoms with Crippen molar-refractivity contribution in [3.63, 3.8) is 0 Å². The summed E-state index contributed by atoms with van der Waals surface area (Å²) in [4.78, 5) is 8.09. The van der Waals surface area contributed by atoms with Gasteiger partial charge in [0, 0.05) is 18.2 Å². The van der Waals surface area contributed by atoms with Crippen LogP contribution < -0.4 is 20.0 Å². The Kier molecular flexibility index (Phi) is 5.07. The van der Waals surface area contributed by atoms with E-state index in [1.807, 2.05) is 0 Å². The molecule has 0 saturated carbocycles. The Morgan fingerprint density at radius 1 is 1.33 bits per heavy atom. The summed E-state index contributed by atoms with van der Waals surface area (Å²) >= 11 is 0. The number of hydrogen-bond donors (Lipinski definition) is 2. The highest BCUT2D eigenvalue weighted by molar-refractivity contribution is 7.86. The molecule has 0 saturated heterocycles. The van der Waals surface area contributed by atoms with E-state index in [1.165, 1.54) is 19.2 Å². The maximum absolute atomic E-state index is 14.0. The fraction of sp³-hybridized carbons (Fsp3) is 0.286. The molecule has 1 aromatic heterocycles. The van der Waals surface area contributed by atoms with Crippen molar-refractivity contribution in [1.82, 2.24) is 9.97 Å². The molecule has 0 aliphatic carbocycles. The Hall–Kier alpha value is -2.62. The van der Waals surface area contributed by atoms with E-state index in [1.54, 1.807) is 6.92 Å². The molecule has 0 bridgehead atoms. The predicted octanol–water partition coefficient (Wildman–Crippen LogP) is 1.47. The van der Waals surface area contributed by atoms with E-state index in [0.29, 0.717) is 17.2 Å². The van der Waals surface area contributed by atoms with Gasteiger partial charge in [0.1, 0.15) is 11.6 Å². The second-order valence-corrected chi connectivity index (χ2v) is 6.53. The molecule has 0 aliphatic rings. The minimum absolute atomic E-state index is 0.0782. The molecule has 0 radical (unpaired) electrons. The van der Waals surface area contributed by atoms with E-state index in [4.69, 9.17) is 10.5 Å². The maximum atomic E-state index is 14.0. The highest BCUT2D eigenvalue weighted by Gasteiger charge is 2.12. The van der Waals surface area contributed by atoms with E-state index in [-0.39, 0.29) is 23.9 Å². The zero-order valence-electron chi connectivity index (χ0n) is 13.3. The van der Waals surface area contributed by atoms with Crippen molar-refractivity contribution >= 4 is 21.6 Å². The molecule has 130 valence electrons. The Balaban J connectivity index is 2.17. The van der Waals surface area contributed by atoms with Crippen molar-refractivity contribution in [1.29, 1.82) is 0 Å². The van der Waals surface area contributed by atoms with Crippen LogP contribution in [0.5, 0.6) is 11.8 Å².